The minimum atomic E-state index is -0.620. The summed E-state index contributed by atoms with van der Waals surface area (Å²) >= 11 is 5.72. The summed E-state index contributed by atoms with van der Waals surface area (Å²) in [7, 11) is 0. The van der Waals surface area contributed by atoms with Gasteiger partial charge in [-0.15, -0.1) is 0 Å². The lowest BCUT2D eigenvalue weighted by atomic mass is 9.98. The van der Waals surface area contributed by atoms with E-state index in [1.165, 1.54) is 6.07 Å². The van der Waals surface area contributed by atoms with Crippen LogP contribution in [0.5, 0.6) is 0 Å². The molecule has 0 radical (unpaired) electrons. The Labute approximate surface area is 88.5 Å². The van der Waals surface area contributed by atoms with Crippen LogP contribution in [0.2, 0.25) is 5.02 Å². The van der Waals surface area contributed by atoms with Crippen molar-refractivity contribution in [1.29, 1.82) is 0 Å². The first-order valence-electron chi connectivity index (χ1n) is 4.60. The molecular formula is C11H14ClFO. The molecule has 1 aromatic rings. The van der Waals surface area contributed by atoms with Crippen molar-refractivity contribution in [3.05, 3.63) is 34.1 Å². The summed E-state index contributed by atoms with van der Waals surface area (Å²) < 4.78 is 13.5. The Bertz CT molecular complexity index is 334. The topological polar surface area (TPSA) is 20.2 Å². The van der Waals surface area contributed by atoms with Crippen molar-refractivity contribution in [3.8, 4) is 0 Å². The molecule has 0 aliphatic heterocycles. The third-order valence-electron chi connectivity index (χ3n) is 2.18. The summed E-state index contributed by atoms with van der Waals surface area (Å²) in [5.74, 6) is -0.322. The van der Waals surface area contributed by atoms with Crippen LogP contribution in [0.15, 0.2) is 12.1 Å². The van der Waals surface area contributed by atoms with E-state index in [0.717, 1.165) is 0 Å². The smallest absolute Gasteiger partial charge is 0.145 e. The molecule has 0 heterocycles. The number of benzene rings is 1. The van der Waals surface area contributed by atoms with Crippen molar-refractivity contribution in [2.24, 2.45) is 0 Å². The van der Waals surface area contributed by atoms with Crippen molar-refractivity contribution >= 4 is 11.6 Å². The molecule has 0 saturated heterocycles. The Morgan fingerprint density at radius 2 is 1.86 bits per heavy atom. The number of aliphatic hydroxyl groups excluding tert-OH is 1. The first kappa shape index (κ1) is 11.5. The number of aliphatic hydroxyl groups is 1. The Morgan fingerprint density at radius 1 is 1.29 bits per heavy atom. The highest BCUT2D eigenvalue weighted by Gasteiger charge is 2.13. The Balaban J connectivity index is 3.28. The fraction of sp³-hybridized carbons (Fsp3) is 0.455. The molecule has 1 atom stereocenters. The van der Waals surface area contributed by atoms with Crippen LogP contribution in [0.1, 0.15) is 43.9 Å². The summed E-state index contributed by atoms with van der Waals surface area (Å²) in [6, 6.07) is 3.13. The van der Waals surface area contributed by atoms with E-state index in [1.54, 1.807) is 13.0 Å². The van der Waals surface area contributed by atoms with E-state index in [-0.39, 0.29) is 16.8 Å². The predicted molar refractivity (Wildman–Crippen MR) is 56.1 cm³/mol. The second kappa shape index (κ2) is 4.28. The monoisotopic (exact) mass is 216 g/mol. The molecule has 0 bridgehead atoms. The zero-order valence-electron chi connectivity index (χ0n) is 8.51. The van der Waals surface area contributed by atoms with Gasteiger partial charge in [-0.2, -0.15) is 0 Å². The van der Waals surface area contributed by atoms with E-state index < -0.39 is 6.10 Å². The van der Waals surface area contributed by atoms with Gasteiger partial charge in [0, 0.05) is 0 Å². The summed E-state index contributed by atoms with van der Waals surface area (Å²) in [4.78, 5) is 0. The average molecular weight is 217 g/mol. The molecule has 0 saturated carbocycles. The van der Waals surface area contributed by atoms with Crippen molar-refractivity contribution in [1.82, 2.24) is 0 Å². The fourth-order valence-corrected chi connectivity index (χ4v) is 1.53. The van der Waals surface area contributed by atoms with Gasteiger partial charge < -0.3 is 5.11 Å². The minimum absolute atomic E-state index is 0.0613. The third kappa shape index (κ3) is 2.25. The first-order valence-corrected chi connectivity index (χ1v) is 4.98. The Hall–Kier alpha value is -0.600. The van der Waals surface area contributed by atoms with E-state index >= 15 is 0 Å². The maximum atomic E-state index is 13.5. The lowest BCUT2D eigenvalue weighted by molar-refractivity contribution is 0.199. The van der Waals surface area contributed by atoms with Crippen molar-refractivity contribution in [2.75, 3.05) is 0 Å². The molecule has 1 rings (SSSR count). The zero-order valence-corrected chi connectivity index (χ0v) is 9.27. The molecule has 1 nitrogen and oxygen atoms in total. The molecule has 0 aliphatic carbocycles. The lowest BCUT2D eigenvalue weighted by Crippen LogP contribution is -1.99. The summed E-state index contributed by atoms with van der Waals surface area (Å²) in [5.41, 5.74) is 1.20. The lowest BCUT2D eigenvalue weighted by Gasteiger charge is -2.12. The highest BCUT2D eigenvalue weighted by molar-refractivity contribution is 6.30. The van der Waals surface area contributed by atoms with Crippen LogP contribution < -0.4 is 0 Å². The second-order valence-corrected chi connectivity index (χ2v) is 4.14. The van der Waals surface area contributed by atoms with Crippen LogP contribution in [-0.2, 0) is 0 Å². The average Bonchev–Trinajstić information content (AvgIpc) is 2.08. The van der Waals surface area contributed by atoms with Crippen LogP contribution in [-0.4, -0.2) is 5.11 Å². The number of hydrogen-bond acceptors (Lipinski definition) is 1. The maximum absolute atomic E-state index is 13.5. The largest absolute Gasteiger partial charge is 0.389 e. The minimum Gasteiger partial charge on any atom is -0.389 e. The molecule has 0 aromatic heterocycles. The Kier molecular flexibility index (Phi) is 3.51. The van der Waals surface area contributed by atoms with Gasteiger partial charge >= 0.3 is 0 Å². The van der Waals surface area contributed by atoms with Crippen molar-refractivity contribution < 1.29 is 9.50 Å². The molecule has 1 unspecified atom stereocenters. The zero-order chi connectivity index (χ0) is 10.9. The molecule has 14 heavy (non-hydrogen) atoms. The molecule has 0 amide bonds. The number of halogens is 2. The van der Waals surface area contributed by atoms with Gasteiger partial charge in [-0.05, 0) is 36.1 Å². The summed E-state index contributed by atoms with van der Waals surface area (Å²) in [6.07, 6.45) is -0.620. The van der Waals surface area contributed by atoms with Gasteiger partial charge in [0.2, 0.25) is 0 Å². The molecular weight excluding hydrogens is 203 g/mol. The van der Waals surface area contributed by atoms with E-state index in [1.807, 2.05) is 13.8 Å². The number of hydrogen-bond donors (Lipinski definition) is 1. The third-order valence-corrected chi connectivity index (χ3v) is 2.46. The number of rotatable bonds is 2. The molecule has 0 fully saturated rings. The van der Waals surface area contributed by atoms with Gasteiger partial charge in [-0.25, -0.2) is 4.39 Å². The van der Waals surface area contributed by atoms with Gasteiger partial charge in [0.25, 0.3) is 0 Å². The van der Waals surface area contributed by atoms with Gasteiger partial charge in [-0.1, -0.05) is 25.4 Å². The molecule has 0 spiro atoms. The van der Waals surface area contributed by atoms with E-state index in [2.05, 4.69) is 0 Å². The maximum Gasteiger partial charge on any atom is 0.145 e. The van der Waals surface area contributed by atoms with Crippen LogP contribution in [0.25, 0.3) is 0 Å². The van der Waals surface area contributed by atoms with Crippen molar-refractivity contribution in [3.63, 3.8) is 0 Å². The highest BCUT2D eigenvalue weighted by atomic mass is 35.5. The highest BCUT2D eigenvalue weighted by Crippen LogP contribution is 2.28. The quantitative estimate of drug-likeness (QED) is 0.800. The van der Waals surface area contributed by atoms with E-state index in [0.29, 0.717) is 11.1 Å². The van der Waals surface area contributed by atoms with Crippen LogP contribution in [0.4, 0.5) is 4.39 Å². The predicted octanol–water partition coefficient (Wildman–Crippen LogP) is 3.66. The van der Waals surface area contributed by atoms with Gasteiger partial charge in [0.05, 0.1) is 11.1 Å². The van der Waals surface area contributed by atoms with Crippen LogP contribution >= 0.6 is 11.6 Å². The van der Waals surface area contributed by atoms with Gasteiger partial charge in [0.1, 0.15) is 5.82 Å². The Morgan fingerprint density at radius 3 is 2.29 bits per heavy atom. The SMILES string of the molecule is CC(C)c1cc(C(C)O)cc(Cl)c1F. The van der Waals surface area contributed by atoms with Gasteiger partial charge in [0.15, 0.2) is 0 Å². The van der Waals surface area contributed by atoms with E-state index in [4.69, 9.17) is 11.6 Å². The molecule has 1 aromatic carbocycles. The fourth-order valence-electron chi connectivity index (χ4n) is 1.29. The molecule has 78 valence electrons. The van der Waals surface area contributed by atoms with E-state index in [9.17, 15) is 9.50 Å². The van der Waals surface area contributed by atoms with Crippen LogP contribution in [0.3, 0.4) is 0 Å². The van der Waals surface area contributed by atoms with Crippen LogP contribution in [0, 0.1) is 5.82 Å². The normalized spacial score (nSPS) is 13.4. The molecule has 0 aliphatic rings. The second-order valence-electron chi connectivity index (χ2n) is 3.74. The summed E-state index contributed by atoms with van der Waals surface area (Å²) in [6.45, 7) is 5.41. The van der Waals surface area contributed by atoms with Crippen molar-refractivity contribution in [2.45, 2.75) is 32.8 Å². The molecule has 1 N–H and O–H groups in total. The first-order chi connectivity index (χ1) is 6.43. The molecule has 3 heteroatoms. The van der Waals surface area contributed by atoms with Gasteiger partial charge in [-0.3, -0.25) is 0 Å². The summed E-state index contributed by atoms with van der Waals surface area (Å²) in [5, 5.41) is 9.44. The standard InChI is InChI=1S/C11H14ClFO/c1-6(2)9-4-8(7(3)14)5-10(12)11(9)13/h4-7,14H,1-3H3.